The Bertz CT molecular complexity index is 518. The van der Waals surface area contributed by atoms with Crippen LogP contribution < -0.4 is 0 Å². The number of hydrogen-bond acceptors (Lipinski definition) is 1. The summed E-state index contributed by atoms with van der Waals surface area (Å²) in [5.41, 5.74) is 4.55. The minimum Gasteiger partial charge on any atom is -0.192 e. The molecule has 0 aromatic heterocycles. The van der Waals surface area contributed by atoms with Crippen molar-refractivity contribution < 1.29 is 0 Å². The first-order valence-corrected chi connectivity index (χ1v) is 5.32. The van der Waals surface area contributed by atoms with Crippen LogP contribution in [-0.2, 0) is 6.42 Å². The maximum Gasteiger partial charge on any atom is 0.0991 e. The number of nitrogens with zero attached hydrogens (tertiary/aromatic N) is 1. The van der Waals surface area contributed by atoms with E-state index in [-0.39, 0.29) is 0 Å². The van der Waals surface area contributed by atoms with Gasteiger partial charge in [0.2, 0.25) is 0 Å². The van der Waals surface area contributed by atoms with Gasteiger partial charge in [0.25, 0.3) is 0 Å². The van der Waals surface area contributed by atoms with E-state index in [2.05, 4.69) is 37.3 Å². The molecule has 0 aliphatic heterocycles. The van der Waals surface area contributed by atoms with Crippen LogP contribution in [0.4, 0.5) is 0 Å². The molecule has 0 aliphatic carbocycles. The summed E-state index contributed by atoms with van der Waals surface area (Å²) in [6, 6.07) is 18.4. The van der Waals surface area contributed by atoms with Crippen molar-refractivity contribution in [1.82, 2.24) is 0 Å². The van der Waals surface area contributed by atoms with Crippen molar-refractivity contribution in [1.29, 1.82) is 5.26 Å². The van der Waals surface area contributed by atoms with Crippen LogP contribution in [0.5, 0.6) is 0 Å². The van der Waals surface area contributed by atoms with Crippen molar-refractivity contribution in [2.24, 2.45) is 0 Å². The highest BCUT2D eigenvalue weighted by Crippen LogP contribution is 2.11. The predicted molar refractivity (Wildman–Crippen MR) is 65.1 cm³/mol. The van der Waals surface area contributed by atoms with Gasteiger partial charge in [-0.25, -0.2) is 0 Å². The average Bonchev–Trinajstić information content (AvgIpc) is 2.30. The third kappa shape index (κ3) is 2.49. The van der Waals surface area contributed by atoms with Crippen molar-refractivity contribution in [3.05, 3.63) is 70.8 Å². The summed E-state index contributed by atoms with van der Waals surface area (Å²) < 4.78 is 0. The van der Waals surface area contributed by atoms with Gasteiger partial charge in [-0.1, -0.05) is 42.0 Å². The molecule has 2 aromatic rings. The molecule has 78 valence electrons. The molecule has 16 heavy (non-hydrogen) atoms. The van der Waals surface area contributed by atoms with Crippen LogP contribution in [0.3, 0.4) is 0 Å². The minimum absolute atomic E-state index is 0.716. The van der Waals surface area contributed by atoms with Gasteiger partial charge in [0.05, 0.1) is 11.6 Å². The molecule has 2 rings (SSSR count). The van der Waals surface area contributed by atoms with Gasteiger partial charge in [-0.05, 0) is 36.6 Å². The molecule has 0 amide bonds. The van der Waals surface area contributed by atoms with Gasteiger partial charge in [0.15, 0.2) is 0 Å². The molecule has 2 aromatic carbocycles. The molecule has 0 radical (unpaired) electrons. The molecule has 1 heteroatoms. The van der Waals surface area contributed by atoms with E-state index in [9.17, 15) is 0 Å². The van der Waals surface area contributed by atoms with Crippen molar-refractivity contribution in [2.45, 2.75) is 13.3 Å². The maximum atomic E-state index is 8.70. The zero-order chi connectivity index (χ0) is 11.4. The standard InChI is InChI=1S/C15H13N/c1-12-3-2-4-15(9-12)10-13-5-7-14(11-16)8-6-13/h2-9H,10H2,1H3. The summed E-state index contributed by atoms with van der Waals surface area (Å²) in [5.74, 6) is 0. The zero-order valence-corrected chi connectivity index (χ0v) is 9.27. The fourth-order valence-corrected chi connectivity index (χ4v) is 1.75. The SMILES string of the molecule is Cc1cccc(Cc2ccc(C#N)cc2)c1. The maximum absolute atomic E-state index is 8.70. The molecule has 0 atom stereocenters. The van der Waals surface area contributed by atoms with Gasteiger partial charge in [0, 0.05) is 0 Å². The predicted octanol–water partition coefficient (Wildman–Crippen LogP) is 3.46. The summed E-state index contributed by atoms with van der Waals surface area (Å²) in [6.45, 7) is 2.10. The van der Waals surface area contributed by atoms with E-state index in [0.717, 1.165) is 6.42 Å². The molecule has 0 spiro atoms. The van der Waals surface area contributed by atoms with E-state index < -0.39 is 0 Å². The lowest BCUT2D eigenvalue weighted by molar-refractivity contribution is 1.18. The largest absolute Gasteiger partial charge is 0.192 e. The number of nitriles is 1. The van der Waals surface area contributed by atoms with Crippen molar-refractivity contribution in [3.8, 4) is 6.07 Å². The molecule has 0 saturated heterocycles. The highest BCUT2D eigenvalue weighted by atomic mass is 14.2. The minimum atomic E-state index is 0.716. The van der Waals surface area contributed by atoms with Crippen LogP contribution in [0.2, 0.25) is 0 Å². The Morgan fingerprint density at radius 1 is 1.00 bits per heavy atom. The lowest BCUT2D eigenvalue weighted by Gasteiger charge is -2.03. The number of aryl methyl sites for hydroxylation is 1. The third-order valence-corrected chi connectivity index (χ3v) is 2.57. The summed E-state index contributed by atoms with van der Waals surface area (Å²) in [5, 5.41) is 8.70. The van der Waals surface area contributed by atoms with Crippen LogP contribution in [0.25, 0.3) is 0 Å². The van der Waals surface area contributed by atoms with E-state index >= 15 is 0 Å². The lowest BCUT2D eigenvalue weighted by Crippen LogP contribution is -1.88. The average molecular weight is 207 g/mol. The lowest BCUT2D eigenvalue weighted by atomic mass is 10.0. The molecule has 0 heterocycles. The quantitative estimate of drug-likeness (QED) is 0.739. The highest BCUT2D eigenvalue weighted by molar-refractivity contribution is 5.34. The first kappa shape index (κ1) is 10.4. The molecular weight excluding hydrogens is 194 g/mol. The van der Waals surface area contributed by atoms with Gasteiger partial charge >= 0.3 is 0 Å². The number of benzene rings is 2. The first-order valence-electron chi connectivity index (χ1n) is 5.32. The first-order chi connectivity index (χ1) is 7.78. The van der Waals surface area contributed by atoms with Gasteiger partial charge in [-0.2, -0.15) is 5.26 Å². The highest BCUT2D eigenvalue weighted by Gasteiger charge is 1.97. The van der Waals surface area contributed by atoms with Gasteiger partial charge in [0.1, 0.15) is 0 Å². The Balaban J connectivity index is 2.18. The topological polar surface area (TPSA) is 23.8 Å². The Labute approximate surface area is 96.0 Å². The summed E-state index contributed by atoms with van der Waals surface area (Å²) >= 11 is 0. The molecule has 1 nitrogen and oxygen atoms in total. The Kier molecular flexibility index (Phi) is 3.03. The van der Waals surface area contributed by atoms with E-state index in [1.807, 2.05) is 24.3 Å². The molecule has 0 fully saturated rings. The van der Waals surface area contributed by atoms with E-state index in [4.69, 9.17) is 5.26 Å². The molecular formula is C15H13N. The van der Waals surface area contributed by atoms with Gasteiger partial charge in [-0.15, -0.1) is 0 Å². The van der Waals surface area contributed by atoms with Gasteiger partial charge < -0.3 is 0 Å². The van der Waals surface area contributed by atoms with Crippen LogP contribution in [0.1, 0.15) is 22.3 Å². The molecule has 0 bridgehead atoms. The molecule has 0 unspecified atom stereocenters. The van der Waals surface area contributed by atoms with Crippen molar-refractivity contribution in [2.75, 3.05) is 0 Å². The van der Waals surface area contributed by atoms with Gasteiger partial charge in [-0.3, -0.25) is 0 Å². The van der Waals surface area contributed by atoms with Crippen molar-refractivity contribution >= 4 is 0 Å². The van der Waals surface area contributed by atoms with E-state index in [0.29, 0.717) is 5.56 Å². The summed E-state index contributed by atoms with van der Waals surface area (Å²) in [4.78, 5) is 0. The van der Waals surface area contributed by atoms with Crippen molar-refractivity contribution in [3.63, 3.8) is 0 Å². The van der Waals surface area contributed by atoms with Crippen LogP contribution in [-0.4, -0.2) is 0 Å². The number of hydrogen-bond donors (Lipinski definition) is 0. The fourth-order valence-electron chi connectivity index (χ4n) is 1.75. The molecule has 0 saturated carbocycles. The third-order valence-electron chi connectivity index (χ3n) is 2.57. The normalized spacial score (nSPS) is 9.75. The van der Waals surface area contributed by atoms with Crippen LogP contribution in [0.15, 0.2) is 48.5 Å². The Hall–Kier alpha value is -2.07. The Morgan fingerprint density at radius 2 is 1.75 bits per heavy atom. The van der Waals surface area contributed by atoms with E-state index in [1.54, 1.807) is 0 Å². The second-order valence-corrected chi connectivity index (χ2v) is 3.97. The number of rotatable bonds is 2. The second-order valence-electron chi connectivity index (χ2n) is 3.97. The molecule has 0 N–H and O–H groups in total. The summed E-state index contributed by atoms with van der Waals surface area (Å²) in [6.07, 6.45) is 0.924. The fraction of sp³-hybridized carbons (Fsp3) is 0.133. The summed E-state index contributed by atoms with van der Waals surface area (Å²) in [7, 11) is 0. The second kappa shape index (κ2) is 4.63. The van der Waals surface area contributed by atoms with E-state index in [1.165, 1.54) is 16.7 Å². The zero-order valence-electron chi connectivity index (χ0n) is 9.27. The smallest absolute Gasteiger partial charge is 0.0991 e. The molecule has 0 aliphatic rings. The Morgan fingerprint density at radius 3 is 2.38 bits per heavy atom. The van der Waals surface area contributed by atoms with Crippen LogP contribution in [0, 0.1) is 18.3 Å². The monoisotopic (exact) mass is 207 g/mol. The van der Waals surface area contributed by atoms with Crippen LogP contribution >= 0.6 is 0 Å².